The van der Waals surface area contributed by atoms with Gasteiger partial charge in [-0.25, -0.2) is 9.97 Å². The second-order valence-electron chi connectivity index (χ2n) is 7.42. The first-order valence-electron chi connectivity index (χ1n) is 9.61. The molecule has 1 fully saturated rings. The van der Waals surface area contributed by atoms with Gasteiger partial charge in [0.2, 0.25) is 0 Å². The lowest BCUT2D eigenvalue weighted by Crippen LogP contribution is -2.21. The SMILES string of the molecule is Nc1ccc2c(c1)ncn2Cc1ccc2nc(NC3CCCCC3)sc2c1. The Balaban J connectivity index is 1.38. The normalized spacial score (nSPS) is 15.6. The van der Waals surface area contributed by atoms with Crippen molar-refractivity contribution >= 4 is 43.4 Å². The quantitative estimate of drug-likeness (QED) is 0.490. The second kappa shape index (κ2) is 6.85. The van der Waals surface area contributed by atoms with Gasteiger partial charge >= 0.3 is 0 Å². The summed E-state index contributed by atoms with van der Waals surface area (Å²) in [6, 6.07) is 13.0. The van der Waals surface area contributed by atoms with Crippen LogP contribution in [0.15, 0.2) is 42.7 Å². The monoisotopic (exact) mass is 377 g/mol. The molecule has 0 amide bonds. The molecule has 0 unspecified atom stereocenters. The van der Waals surface area contributed by atoms with Crippen molar-refractivity contribution in [3.05, 3.63) is 48.3 Å². The molecule has 2 aromatic heterocycles. The lowest BCUT2D eigenvalue weighted by molar-refractivity contribution is 0.462. The summed E-state index contributed by atoms with van der Waals surface area (Å²) in [5.74, 6) is 0. The van der Waals surface area contributed by atoms with Crippen LogP contribution in [0.2, 0.25) is 0 Å². The molecule has 4 aromatic rings. The van der Waals surface area contributed by atoms with Crippen molar-refractivity contribution < 1.29 is 0 Å². The maximum absolute atomic E-state index is 5.86. The smallest absolute Gasteiger partial charge is 0.184 e. The van der Waals surface area contributed by atoms with E-state index < -0.39 is 0 Å². The summed E-state index contributed by atoms with van der Waals surface area (Å²) in [7, 11) is 0. The van der Waals surface area contributed by atoms with Gasteiger partial charge in [-0.05, 0) is 48.7 Å². The van der Waals surface area contributed by atoms with E-state index >= 15 is 0 Å². The Morgan fingerprint density at radius 1 is 1.07 bits per heavy atom. The highest BCUT2D eigenvalue weighted by Gasteiger charge is 2.15. The molecular weight excluding hydrogens is 354 g/mol. The Morgan fingerprint density at radius 2 is 1.96 bits per heavy atom. The van der Waals surface area contributed by atoms with Crippen molar-refractivity contribution in [1.82, 2.24) is 14.5 Å². The Morgan fingerprint density at radius 3 is 2.85 bits per heavy atom. The van der Waals surface area contributed by atoms with E-state index in [0.717, 1.165) is 33.9 Å². The highest BCUT2D eigenvalue weighted by Crippen LogP contribution is 2.30. The Hall–Kier alpha value is -2.60. The van der Waals surface area contributed by atoms with E-state index in [4.69, 9.17) is 10.7 Å². The lowest BCUT2D eigenvalue weighted by atomic mass is 9.96. The van der Waals surface area contributed by atoms with Crippen molar-refractivity contribution in [2.24, 2.45) is 0 Å². The zero-order valence-electron chi connectivity index (χ0n) is 15.2. The van der Waals surface area contributed by atoms with Gasteiger partial charge in [-0.15, -0.1) is 0 Å². The second-order valence-corrected chi connectivity index (χ2v) is 8.45. The molecule has 0 bridgehead atoms. The number of imidazole rings is 1. The average Bonchev–Trinajstić information content (AvgIpc) is 3.25. The summed E-state index contributed by atoms with van der Waals surface area (Å²) in [5.41, 5.74) is 11.0. The molecule has 0 atom stereocenters. The largest absolute Gasteiger partial charge is 0.399 e. The zero-order chi connectivity index (χ0) is 18.2. The summed E-state index contributed by atoms with van der Waals surface area (Å²) in [5, 5.41) is 4.70. The number of nitrogens with one attached hydrogen (secondary N) is 1. The Labute approximate surface area is 162 Å². The van der Waals surface area contributed by atoms with Gasteiger partial charge in [-0.3, -0.25) is 0 Å². The van der Waals surface area contributed by atoms with E-state index in [1.165, 1.54) is 42.4 Å². The number of hydrogen-bond acceptors (Lipinski definition) is 5. The van der Waals surface area contributed by atoms with E-state index in [9.17, 15) is 0 Å². The first kappa shape index (κ1) is 16.6. The molecule has 1 aliphatic carbocycles. The minimum absolute atomic E-state index is 0.587. The van der Waals surface area contributed by atoms with E-state index in [1.807, 2.05) is 24.5 Å². The molecule has 1 aliphatic rings. The van der Waals surface area contributed by atoms with Gasteiger partial charge in [0, 0.05) is 18.3 Å². The van der Waals surface area contributed by atoms with Gasteiger partial charge in [0.05, 0.1) is 27.6 Å². The van der Waals surface area contributed by atoms with Crippen LogP contribution in [-0.2, 0) is 6.54 Å². The molecule has 0 saturated heterocycles. The molecule has 138 valence electrons. The van der Waals surface area contributed by atoms with Crippen molar-refractivity contribution in [1.29, 1.82) is 0 Å². The summed E-state index contributed by atoms with van der Waals surface area (Å²) in [6.45, 7) is 0.791. The molecule has 1 saturated carbocycles. The molecule has 5 rings (SSSR count). The first-order valence-corrected chi connectivity index (χ1v) is 10.4. The van der Waals surface area contributed by atoms with Gasteiger partial charge in [0.1, 0.15) is 0 Å². The molecule has 2 heterocycles. The van der Waals surface area contributed by atoms with Crippen LogP contribution in [0.3, 0.4) is 0 Å². The third kappa shape index (κ3) is 3.37. The summed E-state index contributed by atoms with van der Waals surface area (Å²) in [6.07, 6.45) is 8.45. The topological polar surface area (TPSA) is 68.8 Å². The number of nitrogens with zero attached hydrogens (tertiary/aromatic N) is 3. The van der Waals surface area contributed by atoms with Crippen molar-refractivity contribution in [2.75, 3.05) is 11.1 Å². The molecular formula is C21H23N5S. The Kier molecular flexibility index (Phi) is 4.20. The van der Waals surface area contributed by atoms with E-state index in [-0.39, 0.29) is 0 Å². The maximum atomic E-state index is 5.86. The predicted octanol–water partition coefficient (Wildman–Crippen LogP) is 5.02. The number of anilines is 2. The highest BCUT2D eigenvalue weighted by atomic mass is 32.1. The number of fused-ring (bicyclic) bond motifs is 2. The molecule has 5 nitrogen and oxygen atoms in total. The van der Waals surface area contributed by atoms with Gasteiger partial charge in [-0.2, -0.15) is 0 Å². The van der Waals surface area contributed by atoms with Crippen LogP contribution in [0, 0.1) is 0 Å². The third-order valence-electron chi connectivity index (χ3n) is 5.38. The number of nitrogen functional groups attached to an aromatic ring is 1. The summed E-state index contributed by atoms with van der Waals surface area (Å²) in [4.78, 5) is 9.25. The van der Waals surface area contributed by atoms with Crippen LogP contribution >= 0.6 is 11.3 Å². The summed E-state index contributed by atoms with van der Waals surface area (Å²) >= 11 is 1.76. The number of aromatic nitrogens is 3. The van der Waals surface area contributed by atoms with Crippen molar-refractivity contribution in [3.63, 3.8) is 0 Å². The van der Waals surface area contributed by atoms with Crippen LogP contribution in [0.25, 0.3) is 21.3 Å². The highest BCUT2D eigenvalue weighted by molar-refractivity contribution is 7.22. The van der Waals surface area contributed by atoms with E-state index in [0.29, 0.717) is 6.04 Å². The molecule has 2 aromatic carbocycles. The predicted molar refractivity (Wildman–Crippen MR) is 113 cm³/mol. The number of nitrogens with two attached hydrogens (primary N) is 1. The number of benzene rings is 2. The van der Waals surface area contributed by atoms with E-state index in [2.05, 4.69) is 33.1 Å². The van der Waals surface area contributed by atoms with Gasteiger partial charge < -0.3 is 15.6 Å². The lowest BCUT2D eigenvalue weighted by Gasteiger charge is -2.22. The van der Waals surface area contributed by atoms with Gasteiger partial charge in [-0.1, -0.05) is 36.7 Å². The van der Waals surface area contributed by atoms with Crippen LogP contribution < -0.4 is 11.1 Å². The molecule has 0 spiro atoms. The number of thiazole rings is 1. The van der Waals surface area contributed by atoms with Crippen molar-refractivity contribution in [3.8, 4) is 0 Å². The fourth-order valence-electron chi connectivity index (χ4n) is 3.95. The van der Waals surface area contributed by atoms with E-state index in [1.54, 1.807) is 11.3 Å². The van der Waals surface area contributed by atoms with Gasteiger partial charge in [0.25, 0.3) is 0 Å². The Bertz CT molecular complexity index is 1090. The first-order chi connectivity index (χ1) is 13.2. The van der Waals surface area contributed by atoms with Crippen LogP contribution in [0.4, 0.5) is 10.8 Å². The maximum Gasteiger partial charge on any atom is 0.184 e. The molecule has 6 heteroatoms. The van der Waals surface area contributed by atoms with Crippen molar-refractivity contribution in [2.45, 2.75) is 44.7 Å². The molecule has 3 N–H and O–H groups in total. The van der Waals surface area contributed by atoms with Crippen LogP contribution in [0.5, 0.6) is 0 Å². The molecule has 0 aliphatic heterocycles. The van der Waals surface area contributed by atoms with Gasteiger partial charge in [0.15, 0.2) is 5.13 Å². The standard InChI is InChI=1S/C21H23N5S/c22-15-7-9-19-18(11-15)23-13-26(19)12-14-6-8-17-20(10-14)27-21(25-17)24-16-4-2-1-3-5-16/h6-11,13,16H,1-5,12,22H2,(H,24,25). The third-order valence-corrected chi connectivity index (χ3v) is 6.33. The number of hydrogen-bond donors (Lipinski definition) is 2. The zero-order valence-corrected chi connectivity index (χ0v) is 16.0. The average molecular weight is 378 g/mol. The van der Waals surface area contributed by atoms with Crippen LogP contribution in [-0.4, -0.2) is 20.6 Å². The summed E-state index contributed by atoms with van der Waals surface area (Å²) < 4.78 is 3.40. The molecule has 27 heavy (non-hydrogen) atoms. The fourth-order valence-corrected chi connectivity index (χ4v) is 4.96. The molecule has 0 radical (unpaired) electrons. The minimum atomic E-state index is 0.587. The van der Waals surface area contributed by atoms with Crippen LogP contribution in [0.1, 0.15) is 37.7 Å². The fraction of sp³-hybridized carbons (Fsp3) is 0.333. The minimum Gasteiger partial charge on any atom is -0.399 e. The number of rotatable bonds is 4.